The summed E-state index contributed by atoms with van der Waals surface area (Å²) in [6.45, 7) is 3.97. The molecular formula is C26H24N6O3S2. The van der Waals surface area contributed by atoms with Crippen LogP contribution in [0.2, 0.25) is 0 Å². The highest BCUT2D eigenvalue weighted by atomic mass is 32.2. The Bertz CT molecular complexity index is 1480. The maximum absolute atomic E-state index is 13.1. The number of carbonyl (C=O) groups excluding carboxylic acids is 2. The third-order valence-electron chi connectivity index (χ3n) is 6.53. The average Bonchev–Trinajstić information content (AvgIpc) is 3.58. The number of hydrogen-bond donors (Lipinski definition) is 2. The molecule has 2 aliphatic rings. The smallest absolute Gasteiger partial charge is 0.234 e. The van der Waals surface area contributed by atoms with Gasteiger partial charge >= 0.3 is 0 Å². The Morgan fingerprint density at radius 1 is 1.30 bits per heavy atom. The second kappa shape index (κ2) is 10.2. The normalized spacial score (nSPS) is 17.6. The van der Waals surface area contributed by atoms with Crippen LogP contribution in [0.15, 0.2) is 68.0 Å². The minimum atomic E-state index is -0.644. The number of hydrogen-bond acceptors (Lipinski definition) is 10. The molecule has 5 rings (SSSR count). The first kappa shape index (κ1) is 24.8. The Labute approximate surface area is 222 Å². The molecular weight excluding hydrogens is 508 g/mol. The first-order valence-electron chi connectivity index (χ1n) is 11.7. The van der Waals surface area contributed by atoms with Gasteiger partial charge in [-0.2, -0.15) is 5.26 Å². The zero-order valence-electron chi connectivity index (χ0n) is 20.3. The number of ketones is 1. The number of thioether (sulfide) groups is 1. The molecule has 11 heteroatoms. The molecule has 0 spiro atoms. The van der Waals surface area contributed by atoms with Crippen molar-refractivity contribution in [2.24, 2.45) is 5.73 Å². The number of rotatable bonds is 6. The minimum Gasteiger partial charge on any atom is -0.468 e. The zero-order valence-corrected chi connectivity index (χ0v) is 21.9. The van der Waals surface area contributed by atoms with E-state index in [1.54, 1.807) is 17.0 Å². The molecule has 0 fully saturated rings. The van der Waals surface area contributed by atoms with E-state index in [0.29, 0.717) is 40.1 Å². The van der Waals surface area contributed by atoms with Crippen LogP contribution in [0.25, 0.3) is 0 Å². The van der Waals surface area contributed by atoms with Gasteiger partial charge in [0, 0.05) is 23.4 Å². The Kier molecular flexibility index (Phi) is 6.86. The fourth-order valence-corrected chi connectivity index (χ4v) is 6.28. The third-order valence-corrected chi connectivity index (χ3v) is 8.58. The van der Waals surface area contributed by atoms with Crippen LogP contribution in [0, 0.1) is 25.2 Å². The molecule has 2 aromatic heterocycles. The third kappa shape index (κ3) is 4.65. The maximum Gasteiger partial charge on any atom is 0.234 e. The van der Waals surface area contributed by atoms with Gasteiger partial charge in [0.1, 0.15) is 11.6 Å². The first-order chi connectivity index (χ1) is 17.9. The van der Waals surface area contributed by atoms with Gasteiger partial charge in [0.25, 0.3) is 0 Å². The van der Waals surface area contributed by atoms with E-state index in [4.69, 9.17) is 10.2 Å². The van der Waals surface area contributed by atoms with Crippen LogP contribution >= 0.6 is 23.1 Å². The van der Waals surface area contributed by atoms with Crippen LogP contribution in [0.5, 0.6) is 0 Å². The highest BCUT2D eigenvalue weighted by Crippen LogP contribution is 2.47. The zero-order chi connectivity index (χ0) is 26.1. The van der Waals surface area contributed by atoms with Crippen molar-refractivity contribution >= 4 is 45.6 Å². The van der Waals surface area contributed by atoms with Gasteiger partial charge in [0.15, 0.2) is 10.1 Å². The van der Waals surface area contributed by atoms with Gasteiger partial charge in [-0.25, -0.2) is 0 Å². The molecule has 0 radical (unpaired) electrons. The Hall–Kier alpha value is -3.88. The van der Waals surface area contributed by atoms with Crippen LogP contribution in [0.3, 0.4) is 0 Å². The lowest BCUT2D eigenvalue weighted by Gasteiger charge is -2.37. The lowest BCUT2D eigenvalue weighted by Crippen LogP contribution is -2.38. The van der Waals surface area contributed by atoms with E-state index < -0.39 is 5.92 Å². The molecule has 1 amide bonds. The van der Waals surface area contributed by atoms with Crippen molar-refractivity contribution in [1.82, 2.24) is 10.2 Å². The number of nitrogens with zero attached hydrogens (tertiary/aromatic N) is 4. The molecule has 0 saturated carbocycles. The van der Waals surface area contributed by atoms with E-state index in [1.165, 1.54) is 29.4 Å². The van der Waals surface area contributed by atoms with E-state index in [0.717, 1.165) is 22.5 Å². The minimum absolute atomic E-state index is 0.0323. The number of allylic oxidation sites excluding steroid dienone is 3. The molecule has 1 aromatic carbocycles. The lowest BCUT2D eigenvalue weighted by molar-refractivity contribution is -0.116. The number of anilines is 2. The van der Waals surface area contributed by atoms with Crippen LogP contribution in [0.4, 0.5) is 10.8 Å². The van der Waals surface area contributed by atoms with Crippen LogP contribution in [0.1, 0.15) is 42.1 Å². The van der Waals surface area contributed by atoms with Crippen molar-refractivity contribution in [3.05, 3.63) is 76.1 Å². The summed E-state index contributed by atoms with van der Waals surface area (Å²) >= 11 is 2.52. The van der Waals surface area contributed by atoms with E-state index in [2.05, 4.69) is 21.6 Å². The predicted molar refractivity (Wildman–Crippen MR) is 142 cm³/mol. The maximum atomic E-state index is 13.1. The van der Waals surface area contributed by atoms with Gasteiger partial charge in [-0.05, 0) is 56.0 Å². The van der Waals surface area contributed by atoms with Crippen molar-refractivity contribution in [3.8, 4) is 6.07 Å². The number of nitrogens with one attached hydrogen (secondary N) is 1. The topological polar surface area (TPSA) is 138 Å². The van der Waals surface area contributed by atoms with Gasteiger partial charge in [-0.3, -0.25) is 14.5 Å². The van der Waals surface area contributed by atoms with Gasteiger partial charge in [-0.1, -0.05) is 35.2 Å². The molecule has 3 N–H and O–H groups in total. The summed E-state index contributed by atoms with van der Waals surface area (Å²) in [5, 5.41) is 21.9. The van der Waals surface area contributed by atoms with Crippen LogP contribution in [-0.4, -0.2) is 27.6 Å². The second-order valence-electron chi connectivity index (χ2n) is 8.77. The van der Waals surface area contributed by atoms with Crippen LogP contribution in [-0.2, 0) is 9.59 Å². The summed E-state index contributed by atoms with van der Waals surface area (Å²) in [6.07, 6.45) is 3.20. The number of Topliss-reactive ketones (excluding diaryl/α,β-unsaturated/α-hetero) is 1. The average molecular weight is 533 g/mol. The van der Waals surface area contributed by atoms with Gasteiger partial charge < -0.3 is 15.5 Å². The van der Waals surface area contributed by atoms with Crippen molar-refractivity contribution in [1.29, 1.82) is 5.26 Å². The number of carbonyl (C=O) groups is 2. The van der Waals surface area contributed by atoms with E-state index >= 15 is 0 Å². The number of aryl methyl sites for hydroxylation is 1. The standard InChI is InChI=1S/C26H24N6O3S2/c1-14-6-3-7-17(15(14)2)29-21(34)13-36-26-31-30-25(37-26)32-18-8-4-9-19(33)23(18)22(16(12-27)24(32)28)20-10-5-11-35-20/h3,5-7,10-11,22H,4,8-9,13,28H2,1-2H3,(H,29,34). The van der Waals surface area contributed by atoms with Gasteiger partial charge in [0.05, 0.1) is 29.6 Å². The molecule has 1 unspecified atom stereocenters. The summed E-state index contributed by atoms with van der Waals surface area (Å²) < 4.78 is 6.17. The molecule has 1 aliphatic heterocycles. The molecule has 1 atom stereocenters. The van der Waals surface area contributed by atoms with E-state index in [9.17, 15) is 14.9 Å². The van der Waals surface area contributed by atoms with Gasteiger partial charge in [0.2, 0.25) is 11.0 Å². The summed E-state index contributed by atoms with van der Waals surface area (Å²) in [4.78, 5) is 27.3. The fourth-order valence-electron chi connectivity index (χ4n) is 4.60. The van der Waals surface area contributed by atoms with Crippen molar-refractivity contribution in [3.63, 3.8) is 0 Å². The number of furan rings is 1. The summed E-state index contributed by atoms with van der Waals surface area (Å²) in [7, 11) is 0. The molecule has 1 aliphatic carbocycles. The molecule has 0 saturated heterocycles. The lowest BCUT2D eigenvalue weighted by atomic mass is 9.78. The van der Waals surface area contributed by atoms with Crippen molar-refractivity contribution < 1.29 is 14.0 Å². The largest absolute Gasteiger partial charge is 0.468 e. The quantitative estimate of drug-likeness (QED) is 0.429. The van der Waals surface area contributed by atoms with Crippen LogP contribution < -0.4 is 16.0 Å². The number of nitrogens with two attached hydrogens (primary N) is 1. The number of nitriles is 1. The molecule has 9 nitrogen and oxygen atoms in total. The highest BCUT2D eigenvalue weighted by molar-refractivity contribution is 8.01. The SMILES string of the molecule is Cc1cccc(NC(=O)CSc2nnc(N3C(N)=C(C#N)C(c4ccco4)C4=C3CCCC4=O)s2)c1C. The molecule has 3 heterocycles. The molecule has 37 heavy (non-hydrogen) atoms. The molecule has 0 bridgehead atoms. The van der Waals surface area contributed by atoms with Gasteiger partial charge in [-0.15, -0.1) is 10.2 Å². The highest BCUT2D eigenvalue weighted by Gasteiger charge is 2.42. The Morgan fingerprint density at radius 2 is 2.14 bits per heavy atom. The number of aromatic nitrogens is 2. The van der Waals surface area contributed by atoms with Crippen molar-refractivity contribution in [2.75, 3.05) is 16.0 Å². The molecule has 3 aromatic rings. The fraction of sp³-hybridized carbons (Fsp3) is 0.269. The molecule has 188 valence electrons. The number of benzene rings is 1. The predicted octanol–water partition coefficient (Wildman–Crippen LogP) is 4.78. The Balaban J connectivity index is 1.39. The van der Waals surface area contributed by atoms with E-state index in [-0.39, 0.29) is 28.8 Å². The second-order valence-corrected chi connectivity index (χ2v) is 10.9. The first-order valence-corrected chi connectivity index (χ1v) is 13.5. The summed E-state index contributed by atoms with van der Waals surface area (Å²) in [5.74, 6) is 0.0421. The summed E-state index contributed by atoms with van der Waals surface area (Å²) in [6, 6.07) is 11.4. The monoisotopic (exact) mass is 532 g/mol. The summed E-state index contributed by atoms with van der Waals surface area (Å²) in [5.41, 5.74) is 10.9. The number of amides is 1. The van der Waals surface area contributed by atoms with E-state index in [1.807, 2.05) is 32.0 Å². The Morgan fingerprint density at radius 3 is 2.89 bits per heavy atom. The van der Waals surface area contributed by atoms with Crippen molar-refractivity contribution in [2.45, 2.75) is 43.4 Å².